The van der Waals surface area contributed by atoms with Crippen molar-refractivity contribution in [3.63, 3.8) is 0 Å². The summed E-state index contributed by atoms with van der Waals surface area (Å²) in [6.07, 6.45) is 0. The Morgan fingerprint density at radius 1 is 1.05 bits per heavy atom. The van der Waals surface area contributed by atoms with Crippen molar-refractivity contribution >= 4 is 24.8 Å². The van der Waals surface area contributed by atoms with Crippen molar-refractivity contribution in [2.24, 2.45) is 5.73 Å². The number of aromatic nitrogens is 2. The molecule has 0 saturated heterocycles. The van der Waals surface area contributed by atoms with Gasteiger partial charge >= 0.3 is 0 Å². The number of para-hydroxylation sites is 1. The van der Waals surface area contributed by atoms with Gasteiger partial charge in [-0.15, -0.1) is 29.9 Å². The van der Waals surface area contributed by atoms with Crippen molar-refractivity contribution in [2.45, 2.75) is 27.3 Å². The zero-order chi connectivity index (χ0) is 13.1. The lowest BCUT2D eigenvalue weighted by molar-refractivity contribution is 0.443. The Hall–Kier alpha value is -1.36. The van der Waals surface area contributed by atoms with Crippen molar-refractivity contribution in [3.05, 3.63) is 46.6 Å². The van der Waals surface area contributed by atoms with E-state index in [1.807, 2.05) is 45.0 Å². The minimum absolute atomic E-state index is 0. The van der Waals surface area contributed by atoms with Gasteiger partial charge < -0.3 is 10.5 Å². The van der Waals surface area contributed by atoms with E-state index in [2.05, 4.69) is 10.2 Å². The lowest BCUT2D eigenvalue weighted by Crippen LogP contribution is -2.07. The Balaban J connectivity index is 0.00000180. The third kappa shape index (κ3) is 3.82. The molecule has 2 aromatic rings. The molecule has 0 aliphatic carbocycles. The Morgan fingerprint density at radius 2 is 1.70 bits per heavy atom. The molecule has 1 aromatic heterocycles. The molecule has 0 radical (unpaired) electrons. The summed E-state index contributed by atoms with van der Waals surface area (Å²) in [5.41, 5.74) is 9.65. The highest BCUT2D eigenvalue weighted by atomic mass is 35.5. The largest absolute Gasteiger partial charge is 0.437 e. The molecular formula is C14H19Cl2N3O. The van der Waals surface area contributed by atoms with Crippen LogP contribution in [0.2, 0.25) is 0 Å². The SMILES string of the molecule is Cc1ccccc1Oc1nnc(C)c(C)c1CN.Cl.Cl. The summed E-state index contributed by atoms with van der Waals surface area (Å²) in [4.78, 5) is 0. The summed E-state index contributed by atoms with van der Waals surface area (Å²) < 4.78 is 5.81. The number of nitrogens with zero attached hydrogens (tertiary/aromatic N) is 2. The maximum absolute atomic E-state index is 5.81. The number of aryl methyl sites for hydroxylation is 2. The molecule has 0 amide bonds. The zero-order valence-corrected chi connectivity index (χ0v) is 13.3. The van der Waals surface area contributed by atoms with Gasteiger partial charge in [0.1, 0.15) is 5.75 Å². The van der Waals surface area contributed by atoms with Gasteiger partial charge in [-0.05, 0) is 38.0 Å². The average molecular weight is 316 g/mol. The summed E-state index contributed by atoms with van der Waals surface area (Å²) in [6.45, 7) is 6.28. The van der Waals surface area contributed by atoms with Gasteiger partial charge in [-0.25, -0.2) is 0 Å². The summed E-state index contributed by atoms with van der Waals surface area (Å²) in [6, 6.07) is 7.80. The lowest BCUT2D eigenvalue weighted by Gasteiger charge is -2.13. The molecule has 4 nitrogen and oxygen atoms in total. The highest BCUT2D eigenvalue weighted by molar-refractivity contribution is 5.85. The molecule has 0 aliphatic rings. The monoisotopic (exact) mass is 315 g/mol. The van der Waals surface area contributed by atoms with Crippen molar-refractivity contribution in [3.8, 4) is 11.6 Å². The average Bonchev–Trinajstić information content (AvgIpc) is 2.37. The van der Waals surface area contributed by atoms with Crippen molar-refractivity contribution < 1.29 is 4.74 Å². The van der Waals surface area contributed by atoms with E-state index in [1.54, 1.807) is 0 Å². The van der Waals surface area contributed by atoms with Crippen LogP contribution in [0.1, 0.15) is 22.4 Å². The minimum atomic E-state index is 0. The summed E-state index contributed by atoms with van der Waals surface area (Å²) in [7, 11) is 0. The van der Waals surface area contributed by atoms with E-state index < -0.39 is 0 Å². The van der Waals surface area contributed by atoms with Crippen LogP contribution in [0.3, 0.4) is 0 Å². The van der Waals surface area contributed by atoms with Gasteiger partial charge in [-0.1, -0.05) is 18.2 Å². The highest BCUT2D eigenvalue weighted by Gasteiger charge is 2.12. The highest BCUT2D eigenvalue weighted by Crippen LogP contribution is 2.27. The van der Waals surface area contributed by atoms with Crippen LogP contribution in [0.25, 0.3) is 0 Å². The molecule has 0 bridgehead atoms. The number of ether oxygens (including phenoxy) is 1. The second kappa shape index (κ2) is 8.04. The van der Waals surface area contributed by atoms with Crippen LogP contribution in [0.15, 0.2) is 24.3 Å². The predicted molar refractivity (Wildman–Crippen MR) is 85.1 cm³/mol. The number of benzene rings is 1. The molecular weight excluding hydrogens is 297 g/mol. The molecule has 2 N–H and O–H groups in total. The molecule has 1 heterocycles. The van der Waals surface area contributed by atoms with Crippen molar-refractivity contribution in [1.29, 1.82) is 0 Å². The van der Waals surface area contributed by atoms with Crippen LogP contribution >= 0.6 is 24.8 Å². The molecule has 6 heteroatoms. The number of hydrogen-bond donors (Lipinski definition) is 1. The molecule has 110 valence electrons. The van der Waals surface area contributed by atoms with Crippen molar-refractivity contribution in [1.82, 2.24) is 10.2 Å². The van der Waals surface area contributed by atoms with Gasteiger partial charge in [0.25, 0.3) is 0 Å². The number of hydrogen-bond acceptors (Lipinski definition) is 4. The van der Waals surface area contributed by atoms with E-state index in [4.69, 9.17) is 10.5 Å². The summed E-state index contributed by atoms with van der Waals surface area (Å²) >= 11 is 0. The summed E-state index contributed by atoms with van der Waals surface area (Å²) in [5.74, 6) is 1.28. The molecule has 20 heavy (non-hydrogen) atoms. The van der Waals surface area contributed by atoms with E-state index in [0.29, 0.717) is 12.4 Å². The van der Waals surface area contributed by atoms with Crippen LogP contribution < -0.4 is 10.5 Å². The Morgan fingerprint density at radius 3 is 2.30 bits per heavy atom. The lowest BCUT2D eigenvalue weighted by atomic mass is 10.1. The van der Waals surface area contributed by atoms with Crippen LogP contribution in [0.4, 0.5) is 0 Å². The van der Waals surface area contributed by atoms with Gasteiger partial charge in [0.2, 0.25) is 5.88 Å². The topological polar surface area (TPSA) is 61.0 Å². The third-order valence-corrected chi connectivity index (χ3v) is 3.05. The van der Waals surface area contributed by atoms with E-state index >= 15 is 0 Å². The standard InChI is InChI=1S/C14H17N3O.2ClH/c1-9-6-4-5-7-13(9)18-14-12(8-15)10(2)11(3)16-17-14;;/h4-7H,8,15H2,1-3H3;2*1H. The minimum Gasteiger partial charge on any atom is -0.437 e. The first kappa shape index (κ1) is 18.6. The Labute approximate surface area is 131 Å². The smallest absolute Gasteiger partial charge is 0.243 e. The van der Waals surface area contributed by atoms with Crippen LogP contribution in [0, 0.1) is 20.8 Å². The van der Waals surface area contributed by atoms with E-state index in [9.17, 15) is 0 Å². The van der Waals surface area contributed by atoms with Crippen LogP contribution in [0.5, 0.6) is 11.6 Å². The van der Waals surface area contributed by atoms with Crippen LogP contribution in [-0.4, -0.2) is 10.2 Å². The van der Waals surface area contributed by atoms with E-state index in [1.165, 1.54) is 0 Å². The quantitative estimate of drug-likeness (QED) is 0.941. The second-order valence-corrected chi connectivity index (χ2v) is 4.27. The fraction of sp³-hybridized carbons (Fsp3) is 0.286. The maximum Gasteiger partial charge on any atom is 0.243 e. The van der Waals surface area contributed by atoms with Gasteiger partial charge in [0, 0.05) is 12.1 Å². The van der Waals surface area contributed by atoms with Gasteiger partial charge in [-0.3, -0.25) is 0 Å². The molecule has 1 aromatic carbocycles. The third-order valence-electron chi connectivity index (χ3n) is 3.05. The number of nitrogens with two attached hydrogens (primary N) is 1. The second-order valence-electron chi connectivity index (χ2n) is 4.27. The molecule has 0 saturated carbocycles. The fourth-order valence-corrected chi connectivity index (χ4v) is 1.73. The predicted octanol–water partition coefficient (Wildman–Crippen LogP) is 3.50. The Bertz CT molecular complexity index is 576. The molecule has 2 rings (SSSR count). The molecule has 0 unspecified atom stereocenters. The normalized spacial score (nSPS) is 9.40. The van der Waals surface area contributed by atoms with Crippen molar-refractivity contribution in [2.75, 3.05) is 0 Å². The first-order valence-corrected chi connectivity index (χ1v) is 5.89. The van der Waals surface area contributed by atoms with Gasteiger partial charge in [0.15, 0.2) is 0 Å². The maximum atomic E-state index is 5.81. The fourth-order valence-electron chi connectivity index (χ4n) is 1.73. The summed E-state index contributed by atoms with van der Waals surface area (Å²) in [5, 5.41) is 8.18. The van der Waals surface area contributed by atoms with E-state index in [-0.39, 0.29) is 24.8 Å². The van der Waals surface area contributed by atoms with E-state index in [0.717, 1.165) is 28.1 Å². The Kier molecular flexibility index (Phi) is 7.50. The van der Waals surface area contributed by atoms with Gasteiger partial charge in [0.05, 0.1) is 5.69 Å². The molecule has 0 aliphatic heterocycles. The number of rotatable bonds is 3. The van der Waals surface area contributed by atoms with Gasteiger partial charge in [-0.2, -0.15) is 5.10 Å². The molecule has 0 atom stereocenters. The van der Waals surface area contributed by atoms with Crippen LogP contribution in [-0.2, 0) is 6.54 Å². The zero-order valence-electron chi connectivity index (χ0n) is 11.7. The number of halogens is 2. The molecule has 0 spiro atoms. The molecule has 0 fully saturated rings. The first-order valence-electron chi connectivity index (χ1n) is 5.89. The first-order chi connectivity index (χ1) is 8.63.